The van der Waals surface area contributed by atoms with Gasteiger partial charge in [0.05, 0.1) is 18.5 Å². The van der Waals surface area contributed by atoms with Crippen LogP contribution in [0.3, 0.4) is 0 Å². The van der Waals surface area contributed by atoms with Crippen LogP contribution < -0.4 is 9.64 Å². The van der Waals surface area contributed by atoms with E-state index in [1.165, 1.54) is 12.0 Å². The van der Waals surface area contributed by atoms with E-state index in [0.717, 1.165) is 28.0 Å². The third kappa shape index (κ3) is 4.16. The molecule has 3 aromatic heterocycles. The van der Waals surface area contributed by atoms with Crippen LogP contribution in [0.1, 0.15) is 18.2 Å². The predicted molar refractivity (Wildman–Crippen MR) is 115 cm³/mol. The molecule has 1 aliphatic heterocycles. The second-order valence-electron chi connectivity index (χ2n) is 7.37. The van der Waals surface area contributed by atoms with E-state index in [4.69, 9.17) is 9.47 Å². The third-order valence-electron chi connectivity index (χ3n) is 5.30. The molecule has 4 rings (SSSR count). The highest BCUT2D eigenvalue weighted by Crippen LogP contribution is 2.31. The second kappa shape index (κ2) is 8.63. The number of pyridine rings is 2. The van der Waals surface area contributed by atoms with Gasteiger partial charge in [0.1, 0.15) is 18.8 Å². The van der Waals surface area contributed by atoms with Crippen LogP contribution >= 0.6 is 0 Å². The fraction of sp³-hybridized carbons (Fsp3) is 0.364. The van der Waals surface area contributed by atoms with Crippen LogP contribution in [-0.4, -0.2) is 58.2 Å². The van der Waals surface area contributed by atoms with E-state index in [2.05, 4.69) is 9.97 Å². The van der Waals surface area contributed by atoms with Crippen LogP contribution in [0.5, 0.6) is 5.88 Å². The highest BCUT2D eigenvalue weighted by Gasteiger charge is 2.30. The van der Waals surface area contributed by atoms with Crippen LogP contribution in [0.15, 0.2) is 36.7 Å². The molecule has 0 unspecified atom stereocenters. The van der Waals surface area contributed by atoms with Crippen molar-refractivity contribution < 1.29 is 19.1 Å². The van der Waals surface area contributed by atoms with Gasteiger partial charge < -0.3 is 18.9 Å². The zero-order valence-corrected chi connectivity index (χ0v) is 17.9. The Morgan fingerprint density at radius 2 is 2.03 bits per heavy atom. The largest absolute Gasteiger partial charge is 0.471 e. The summed E-state index contributed by atoms with van der Waals surface area (Å²) in [5, 5.41) is 0.863. The van der Waals surface area contributed by atoms with E-state index >= 15 is 0 Å². The average Bonchev–Trinajstić information content (AvgIpc) is 3.15. The van der Waals surface area contributed by atoms with E-state index in [-0.39, 0.29) is 12.5 Å². The number of hydrogen-bond donors (Lipinski definition) is 0. The number of fused-ring (bicyclic) bond motifs is 1. The van der Waals surface area contributed by atoms with Crippen molar-refractivity contribution in [1.82, 2.24) is 19.4 Å². The lowest BCUT2D eigenvalue weighted by Gasteiger charge is -2.33. The zero-order valence-electron chi connectivity index (χ0n) is 17.9. The molecule has 9 heteroatoms. The molecule has 0 N–H and O–H groups in total. The maximum Gasteiger partial charge on any atom is 0.410 e. The number of aromatic nitrogens is 3. The Balaban J connectivity index is 1.56. The number of nitrogens with zero attached hydrogens (tertiary/aromatic N) is 5. The Morgan fingerprint density at radius 1 is 1.19 bits per heavy atom. The summed E-state index contributed by atoms with van der Waals surface area (Å²) in [5.41, 5.74) is 3.45. The van der Waals surface area contributed by atoms with Crippen molar-refractivity contribution >= 4 is 28.7 Å². The normalized spacial score (nSPS) is 14.2. The molecule has 0 radical (unpaired) electrons. The van der Waals surface area contributed by atoms with Crippen LogP contribution in [-0.2, 0) is 22.7 Å². The van der Waals surface area contributed by atoms with Crippen molar-refractivity contribution in [3.63, 3.8) is 0 Å². The van der Waals surface area contributed by atoms with Gasteiger partial charge in [-0.1, -0.05) is 6.07 Å². The lowest BCUT2D eigenvalue weighted by atomic mass is 10.2. The predicted octanol–water partition coefficient (Wildman–Crippen LogP) is 2.75. The van der Waals surface area contributed by atoms with Gasteiger partial charge in [0.25, 0.3) is 0 Å². The van der Waals surface area contributed by atoms with Crippen LogP contribution in [0, 0.1) is 6.92 Å². The van der Waals surface area contributed by atoms with Gasteiger partial charge in [-0.05, 0) is 31.5 Å². The molecule has 3 aromatic rings. The van der Waals surface area contributed by atoms with Gasteiger partial charge in [0, 0.05) is 43.5 Å². The third-order valence-corrected chi connectivity index (χ3v) is 5.30. The summed E-state index contributed by atoms with van der Waals surface area (Å²) in [4.78, 5) is 36.6. The molecule has 1 aliphatic rings. The first-order valence-corrected chi connectivity index (χ1v) is 10.2. The molecular formula is C22H25N5O4. The minimum atomic E-state index is -0.490. The summed E-state index contributed by atoms with van der Waals surface area (Å²) in [5.74, 6) is 0.341. The van der Waals surface area contributed by atoms with Crippen LogP contribution in [0.25, 0.3) is 11.0 Å². The maximum atomic E-state index is 12.7. The van der Waals surface area contributed by atoms with Crippen molar-refractivity contribution in [2.24, 2.45) is 0 Å². The van der Waals surface area contributed by atoms with E-state index in [9.17, 15) is 9.59 Å². The Kier molecular flexibility index (Phi) is 5.75. The van der Waals surface area contributed by atoms with Gasteiger partial charge in [-0.2, -0.15) is 4.98 Å². The first-order chi connectivity index (χ1) is 15.0. The molecule has 1 saturated heterocycles. The summed E-state index contributed by atoms with van der Waals surface area (Å²) < 4.78 is 12.6. The smallest absolute Gasteiger partial charge is 0.410 e. The number of amides is 2. The molecule has 0 spiro atoms. The lowest BCUT2D eigenvalue weighted by molar-refractivity contribution is -0.120. The van der Waals surface area contributed by atoms with Crippen molar-refractivity contribution in [2.45, 2.75) is 27.0 Å². The lowest BCUT2D eigenvalue weighted by Crippen LogP contribution is -2.52. The molecule has 0 aliphatic carbocycles. The van der Waals surface area contributed by atoms with Gasteiger partial charge in [-0.25, -0.2) is 4.79 Å². The Bertz CT molecular complexity index is 1110. The van der Waals surface area contributed by atoms with E-state index in [0.29, 0.717) is 32.1 Å². The monoisotopic (exact) mass is 423 g/mol. The Hall–Kier alpha value is -3.62. The Morgan fingerprint density at radius 3 is 2.71 bits per heavy atom. The summed E-state index contributed by atoms with van der Waals surface area (Å²) in [7, 11) is 1.31. The number of piperazine rings is 1. The van der Waals surface area contributed by atoms with Crippen LogP contribution in [0.2, 0.25) is 0 Å². The fourth-order valence-corrected chi connectivity index (χ4v) is 3.61. The molecule has 9 nitrogen and oxygen atoms in total. The molecule has 31 heavy (non-hydrogen) atoms. The van der Waals surface area contributed by atoms with E-state index in [1.54, 1.807) is 17.2 Å². The number of methoxy groups -OCH3 is 1. The first-order valence-electron chi connectivity index (χ1n) is 10.2. The second-order valence-corrected chi connectivity index (χ2v) is 7.37. The van der Waals surface area contributed by atoms with Crippen LogP contribution in [0.4, 0.5) is 10.5 Å². The number of anilines is 1. The minimum Gasteiger partial charge on any atom is -0.471 e. The summed E-state index contributed by atoms with van der Waals surface area (Å²) in [6, 6.07) is 7.64. The highest BCUT2D eigenvalue weighted by atomic mass is 16.5. The number of carbonyl (C=O) groups is 2. The number of hydrogen-bond acceptors (Lipinski definition) is 6. The molecule has 0 bridgehead atoms. The van der Waals surface area contributed by atoms with E-state index < -0.39 is 6.09 Å². The maximum absolute atomic E-state index is 12.7. The van der Waals surface area contributed by atoms with Gasteiger partial charge in [0.2, 0.25) is 11.8 Å². The molecule has 0 atom stereocenters. The molecule has 162 valence electrons. The Labute approximate surface area is 180 Å². The summed E-state index contributed by atoms with van der Waals surface area (Å²) >= 11 is 0. The molecule has 2 amide bonds. The van der Waals surface area contributed by atoms with Gasteiger partial charge in [0.15, 0.2) is 0 Å². The highest BCUT2D eigenvalue weighted by molar-refractivity contribution is 6.04. The first kappa shape index (κ1) is 20.6. The van der Waals surface area contributed by atoms with Gasteiger partial charge in [-0.15, -0.1) is 0 Å². The molecule has 1 fully saturated rings. The minimum absolute atomic E-state index is 0.0103. The summed E-state index contributed by atoms with van der Waals surface area (Å²) in [6.45, 7) is 5.83. The van der Waals surface area contributed by atoms with Gasteiger partial charge >= 0.3 is 6.09 Å². The molecule has 0 saturated carbocycles. The zero-order chi connectivity index (χ0) is 22.0. The number of rotatable bonds is 5. The molecule has 0 aromatic carbocycles. The topological polar surface area (TPSA) is 89.8 Å². The van der Waals surface area contributed by atoms with Gasteiger partial charge in [-0.3, -0.25) is 14.7 Å². The summed E-state index contributed by atoms with van der Waals surface area (Å²) in [6.07, 6.45) is 3.24. The molecule has 4 heterocycles. The number of aryl methyl sites for hydroxylation is 2. The number of carbonyl (C=O) groups excluding carboxylic acids is 2. The number of ether oxygens (including phenoxy) is 2. The fourth-order valence-electron chi connectivity index (χ4n) is 3.61. The van der Waals surface area contributed by atoms with Crippen molar-refractivity contribution in [3.05, 3.63) is 47.9 Å². The average molecular weight is 423 g/mol. The van der Waals surface area contributed by atoms with Crippen molar-refractivity contribution in [2.75, 3.05) is 31.6 Å². The standard InChI is InChI=1S/C22H25N5O4/c1-4-25-12-18(27-10-9-26(13-20(27)28)22(29)30-3)17-7-8-19(24-21(17)25)31-14-16-6-5-15(2)11-23-16/h5-8,11-12H,4,9-10,13-14H2,1-3H3. The van der Waals surface area contributed by atoms with Crippen molar-refractivity contribution in [3.8, 4) is 5.88 Å². The van der Waals surface area contributed by atoms with E-state index in [1.807, 2.05) is 42.8 Å². The SMILES string of the molecule is CCn1cc(N2CCN(C(=O)OC)CC2=O)c2ccc(OCc3ccc(C)cn3)nc21. The quantitative estimate of drug-likeness (QED) is 0.627. The van der Waals surface area contributed by atoms with Crippen molar-refractivity contribution in [1.29, 1.82) is 0 Å². The molecular weight excluding hydrogens is 398 g/mol.